The predicted octanol–water partition coefficient (Wildman–Crippen LogP) is 3.35. The van der Waals surface area contributed by atoms with E-state index in [4.69, 9.17) is 0 Å². The molecule has 0 aliphatic heterocycles. The van der Waals surface area contributed by atoms with E-state index in [9.17, 15) is 4.79 Å². The molecule has 0 aliphatic rings. The Kier molecular flexibility index (Phi) is 6.36. The maximum Gasteiger partial charge on any atom is 0.220 e. The maximum atomic E-state index is 12.1. The summed E-state index contributed by atoms with van der Waals surface area (Å²) < 4.78 is 0. The van der Waals surface area contributed by atoms with Gasteiger partial charge in [0, 0.05) is 13.0 Å². The molecule has 1 unspecified atom stereocenters. The number of benzene rings is 2. The van der Waals surface area contributed by atoms with Crippen LogP contribution in [-0.2, 0) is 11.2 Å². The van der Waals surface area contributed by atoms with Crippen molar-refractivity contribution < 1.29 is 4.79 Å². The molecule has 3 nitrogen and oxygen atoms in total. The summed E-state index contributed by atoms with van der Waals surface area (Å²) in [5.74, 6) is 0.106. The number of hydrogen-bond donors (Lipinski definition) is 1. The van der Waals surface area contributed by atoms with E-state index >= 15 is 0 Å². The van der Waals surface area contributed by atoms with Gasteiger partial charge in [-0.3, -0.25) is 4.79 Å². The molecule has 0 fully saturated rings. The van der Waals surface area contributed by atoms with Crippen LogP contribution in [-0.4, -0.2) is 31.4 Å². The molecule has 0 aromatic heterocycles. The third kappa shape index (κ3) is 5.53. The Morgan fingerprint density at radius 3 is 2.48 bits per heavy atom. The molecule has 0 radical (unpaired) electrons. The van der Waals surface area contributed by atoms with Gasteiger partial charge < -0.3 is 10.2 Å². The molecule has 0 saturated carbocycles. The lowest BCUT2D eigenvalue weighted by Gasteiger charge is -2.25. The van der Waals surface area contributed by atoms with Crippen molar-refractivity contribution in [1.82, 2.24) is 10.2 Å². The van der Waals surface area contributed by atoms with Gasteiger partial charge in [0.1, 0.15) is 0 Å². The number of nitrogens with zero attached hydrogens (tertiary/aromatic N) is 1. The maximum absolute atomic E-state index is 12.1. The van der Waals surface area contributed by atoms with Crippen LogP contribution in [0.15, 0.2) is 54.6 Å². The van der Waals surface area contributed by atoms with Gasteiger partial charge >= 0.3 is 0 Å². The molecular formula is C20H26N2O. The van der Waals surface area contributed by atoms with Crippen LogP contribution >= 0.6 is 0 Å². The molecule has 3 heteroatoms. The average molecular weight is 310 g/mol. The lowest BCUT2D eigenvalue weighted by atomic mass is 10.1. The zero-order valence-electron chi connectivity index (χ0n) is 14.3. The first-order chi connectivity index (χ1) is 11.1. The van der Waals surface area contributed by atoms with Gasteiger partial charge in [0.15, 0.2) is 0 Å². The van der Waals surface area contributed by atoms with E-state index in [1.165, 1.54) is 16.7 Å². The number of rotatable bonds is 7. The van der Waals surface area contributed by atoms with Gasteiger partial charge in [-0.25, -0.2) is 0 Å². The predicted molar refractivity (Wildman–Crippen MR) is 95.4 cm³/mol. The zero-order valence-corrected chi connectivity index (χ0v) is 14.3. The molecule has 0 aliphatic carbocycles. The van der Waals surface area contributed by atoms with E-state index in [-0.39, 0.29) is 11.9 Å². The number of carbonyl (C=O) groups is 1. The molecule has 0 heterocycles. The van der Waals surface area contributed by atoms with Gasteiger partial charge in [0.05, 0.1) is 6.04 Å². The van der Waals surface area contributed by atoms with Crippen LogP contribution in [0.3, 0.4) is 0 Å². The van der Waals surface area contributed by atoms with E-state index in [0.29, 0.717) is 13.0 Å². The van der Waals surface area contributed by atoms with Crippen LogP contribution in [0.2, 0.25) is 0 Å². The van der Waals surface area contributed by atoms with Crippen LogP contribution in [0.25, 0.3) is 0 Å². The van der Waals surface area contributed by atoms with Crippen molar-refractivity contribution in [1.29, 1.82) is 0 Å². The Morgan fingerprint density at radius 2 is 1.83 bits per heavy atom. The number of nitrogens with one attached hydrogen (secondary N) is 1. The molecule has 2 aromatic carbocycles. The first-order valence-electron chi connectivity index (χ1n) is 8.10. The molecule has 1 amide bonds. The highest BCUT2D eigenvalue weighted by molar-refractivity contribution is 5.76. The second-order valence-corrected chi connectivity index (χ2v) is 6.18. The summed E-state index contributed by atoms with van der Waals surface area (Å²) in [7, 11) is 4.08. The first kappa shape index (κ1) is 17.2. The fraction of sp³-hybridized carbons (Fsp3) is 0.350. The minimum absolute atomic E-state index is 0.106. The number of carbonyl (C=O) groups excluding carboxylic acids is 1. The van der Waals surface area contributed by atoms with Crippen LogP contribution in [0.1, 0.15) is 29.2 Å². The molecule has 1 N–H and O–H groups in total. The number of amides is 1. The topological polar surface area (TPSA) is 32.3 Å². The monoisotopic (exact) mass is 310 g/mol. The summed E-state index contributed by atoms with van der Waals surface area (Å²) in [6.45, 7) is 2.70. The SMILES string of the molecule is Cc1cccc(CCC(=O)NCC(c2ccccc2)N(C)C)c1. The summed E-state index contributed by atoms with van der Waals surface area (Å²) in [6, 6.07) is 18.8. The van der Waals surface area contributed by atoms with Gasteiger partial charge in [-0.05, 0) is 38.6 Å². The van der Waals surface area contributed by atoms with Gasteiger partial charge in [-0.1, -0.05) is 60.2 Å². The normalized spacial score (nSPS) is 12.2. The molecule has 2 aromatic rings. The van der Waals surface area contributed by atoms with Crippen molar-refractivity contribution in [3.8, 4) is 0 Å². The van der Waals surface area contributed by atoms with E-state index < -0.39 is 0 Å². The molecule has 0 saturated heterocycles. The Labute approximate surface area is 139 Å². The van der Waals surface area contributed by atoms with E-state index in [1.54, 1.807) is 0 Å². The van der Waals surface area contributed by atoms with Gasteiger partial charge in [0.2, 0.25) is 5.91 Å². The Hall–Kier alpha value is -2.13. The van der Waals surface area contributed by atoms with E-state index in [0.717, 1.165) is 6.42 Å². The van der Waals surface area contributed by atoms with Gasteiger partial charge in [-0.2, -0.15) is 0 Å². The molecule has 2 rings (SSSR count). The van der Waals surface area contributed by atoms with Crippen molar-refractivity contribution in [3.63, 3.8) is 0 Å². The van der Waals surface area contributed by atoms with Crippen LogP contribution in [0.4, 0.5) is 0 Å². The summed E-state index contributed by atoms with van der Waals surface area (Å²) >= 11 is 0. The highest BCUT2D eigenvalue weighted by Crippen LogP contribution is 2.16. The van der Waals surface area contributed by atoms with Crippen molar-refractivity contribution in [2.45, 2.75) is 25.8 Å². The second-order valence-electron chi connectivity index (χ2n) is 6.18. The Morgan fingerprint density at radius 1 is 1.09 bits per heavy atom. The van der Waals surface area contributed by atoms with Crippen molar-refractivity contribution in [2.24, 2.45) is 0 Å². The summed E-state index contributed by atoms with van der Waals surface area (Å²) in [6.07, 6.45) is 1.31. The molecule has 0 spiro atoms. The van der Waals surface area contributed by atoms with Crippen LogP contribution in [0, 0.1) is 6.92 Å². The lowest BCUT2D eigenvalue weighted by Crippen LogP contribution is -2.34. The van der Waals surface area contributed by atoms with Crippen molar-refractivity contribution >= 4 is 5.91 Å². The number of aryl methyl sites for hydroxylation is 2. The third-order valence-corrected chi connectivity index (χ3v) is 4.02. The zero-order chi connectivity index (χ0) is 16.7. The van der Waals surface area contributed by atoms with Crippen molar-refractivity contribution in [2.75, 3.05) is 20.6 Å². The Balaban J connectivity index is 1.85. The fourth-order valence-electron chi connectivity index (χ4n) is 2.70. The molecule has 23 heavy (non-hydrogen) atoms. The third-order valence-electron chi connectivity index (χ3n) is 4.02. The van der Waals surface area contributed by atoms with E-state index in [2.05, 4.69) is 47.5 Å². The van der Waals surface area contributed by atoms with Gasteiger partial charge in [-0.15, -0.1) is 0 Å². The number of likely N-dealkylation sites (N-methyl/N-ethyl adjacent to an activating group) is 1. The largest absolute Gasteiger partial charge is 0.354 e. The average Bonchev–Trinajstić information content (AvgIpc) is 2.54. The smallest absolute Gasteiger partial charge is 0.220 e. The minimum Gasteiger partial charge on any atom is -0.354 e. The van der Waals surface area contributed by atoms with Crippen LogP contribution < -0.4 is 5.32 Å². The number of hydrogen-bond acceptors (Lipinski definition) is 2. The van der Waals surface area contributed by atoms with Crippen LogP contribution in [0.5, 0.6) is 0 Å². The van der Waals surface area contributed by atoms with E-state index in [1.807, 2.05) is 38.4 Å². The standard InChI is InChI=1S/C20H26N2O/c1-16-8-7-9-17(14-16)12-13-20(23)21-15-19(22(2)3)18-10-5-4-6-11-18/h4-11,14,19H,12-13,15H2,1-3H3,(H,21,23). The molecule has 0 bridgehead atoms. The fourth-order valence-corrected chi connectivity index (χ4v) is 2.70. The molecule has 122 valence electrons. The quantitative estimate of drug-likeness (QED) is 0.850. The first-order valence-corrected chi connectivity index (χ1v) is 8.10. The second kappa shape index (κ2) is 8.49. The Bertz CT molecular complexity index is 623. The van der Waals surface area contributed by atoms with Crippen molar-refractivity contribution in [3.05, 3.63) is 71.3 Å². The summed E-state index contributed by atoms with van der Waals surface area (Å²) in [4.78, 5) is 14.3. The minimum atomic E-state index is 0.106. The summed E-state index contributed by atoms with van der Waals surface area (Å²) in [5.41, 5.74) is 3.67. The van der Waals surface area contributed by atoms with Gasteiger partial charge in [0.25, 0.3) is 0 Å². The lowest BCUT2D eigenvalue weighted by molar-refractivity contribution is -0.121. The molecule has 1 atom stereocenters. The highest BCUT2D eigenvalue weighted by Gasteiger charge is 2.14. The highest BCUT2D eigenvalue weighted by atomic mass is 16.1. The summed E-state index contributed by atoms with van der Waals surface area (Å²) in [5, 5.41) is 3.07. The molecular weight excluding hydrogens is 284 g/mol.